The van der Waals surface area contributed by atoms with Crippen LogP contribution in [0.4, 0.5) is 27.5 Å². The molecule has 0 aliphatic carbocycles. The van der Waals surface area contributed by atoms with Crippen LogP contribution in [0.2, 0.25) is 0 Å². The van der Waals surface area contributed by atoms with Gasteiger partial charge in [-0.1, -0.05) is 13.8 Å². The smallest absolute Gasteiger partial charge is 0.269 e. The molecule has 3 aliphatic rings. The predicted molar refractivity (Wildman–Crippen MR) is 149 cm³/mol. The van der Waals surface area contributed by atoms with Gasteiger partial charge in [0, 0.05) is 49.8 Å². The molecule has 1 amide bonds. The molecule has 39 heavy (non-hydrogen) atoms. The summed E-state index contributed by atoms with van der Waals surface area (Å²) in [5.41, 5.74) is 1.79. The Kier molecular flexibility index (Phi) is 5.80. The molecule has 3 aromatic rings. The maximum absolute atomic E-state index is 15.4. The van der Waals surface area contributed by atoms with Crippen LogP contribution in [-0.4, -0.2) is 64.6 Å². The van der Waals surface area contributed by atoms with E-state index in [0.29, 0.717) is 40.1 Å². The van der Waals surface area contributed by atoms with Gasteiger partial charge in [-0.2, -0.15) is 0 Å². The number of rotatable bonds is 4. The molecule has 5 heterocycles. The van der Waals surface area contributed by atoms with E-state index in [1.807, 2.05) is 12.1 Å². The van der Waals surface area contributed by atoms with Crippen molar-refractivity contribution in [3.8, 4) is 17.0 Å². The third-order valence-corrected chi connectivity index (χ3v) is 7.79. The summed E-state index contributed by atoms with van der Waals surface area (Å²) in [7, 11) is 2.18. The standard InChI is InChI=1S/C29H34FN7O2/c1-27(2)25(38)35-24-23(39-27)10-18(12-32-24)21-8-9-31-26(34-21)33-19-6-7-22(20(30)11-19)37-16-28(3)13-29(4,17-37)15-36(5)14-28/h6-12H,13-17H2,1-5H3,(H,31,33,34)(H,32,35,38). The van der Waals surface area contributed by atoms with Crippen LogP contribution in [0.15, 0.2) is 42.7 Å². The number of halogens is 1. The van der Waals surface area contributed by atoms with E-state index in [1.54, 1.807) is 38.4 Å². The molecule has 2 unspecified atom stereocenters. The summed E-state index contributed by atoms with van der Waals surface area (Å²) in [5, 5.41) is 5.89. The molecule has 9 nitrogen and oxygen atoms in total. The first-order chi connectivity index (χ1) is 18.4. The van der Waals surface area contributed by atoms with E-state index in [0.717, 1.165) is 32.6 Å². The van der Waals surface area contributed by atoms with Crippen LogP contribution < -0.4 is 20.3 Å². The Morgan fingerprint density at radius 3 is 2.49 bits per heavy atom. The van der Waals surface area contributed by atoms with E-state index in [-0.39, 0.29) is 22.6 Å². The van der Waals surface area contributed by atoms with E-state index in [1.165, 1.54) is 6.07 Å². The summed E-state index contributed by atoms with van der Waals surface area (Å²) in [6.45, 7) is 11.7. The number of ether oxygens (including phenoxy) is 1. The van der Waals surface area contributed by atoms with Gasteiger partial charge in [0.15, 0.2) is 17.2 Å². The Morgan fingerprint density at radius 1 is 1.03 bits per heavy atom. The molecular weight excluding hydrogens is 497 g/mol. The van der Waals surface area contributed by atoms with E-state index < -0.39 is 5.60 Å². The number of likely N-dealkylation sites (tertiary alicyclic amines) is 1. The van der Waals surface area contributed by atoms with Gasteiger partial charge in [0.1, 0.15) is 5.82 Å². The lowest BCUT2D eigenvalue weighted by Gasteiger charge is -2.56. The summed E-state index contributed by atoms with van der Waals surface area (Å²) in [5.74, 6) is 0.665. The molecule has 2 atom stereocenters. The van der Waals surface area contributed by atoms with Crippen molar-refractivity contribution in [2.75, 3.05) is 48.8 Å². The van der Waals surface area contributed by atoms with Crippen LogP contribution in [-0.2, 0) is 4.79 Å². The maximum Gasteiger partial charge on any atom is 0.269 e. The number of amides is 1. The van der Waals surface area contributed by atoms with Crippen molar-refractivity contribution in [3.63, 3.8) is 0 Å². The minimum atomic E-state index is -0.999. The lowest BCUT2D eigenvalue weighted by atomic mass is 9.65. The third kappa shape index (κ3) is 4.89. The second-order valence-electron chi connectivity index (χ2n) is 12.5. The fourth-order valence-corrected chi connectivity index (χ4v) is 6.75. The summed E-state index contributed by atoms with van der Waals surface area (Å²) < 4.78 is 21.3. The molecule has 2 bridgehead atoms. The van der Waals surface area contributed by atoms with E-state index >= 15 is 4.39 Å². The molecule has 0 spiro atoms. The Morgan fingerprint density at radius 2 is 1.77 bits per heavy atom. The zero-order valence-electron chi connectivity index (χ0n) is 23.0. The fraction of sp³-hybridized carbons (Fsp3) is 0.448. The number of pyridine rings is 1. The quantitative estimate of drug-likeness (QED) is 0.500. The first kappa shape index (κ1) is 25.5. The van der Waals surface area contributed by atoms with Crippen LogP contribution in [0, 0.1) is 16.6 Å². The molecule has 2 saturated heterocycles. The van der Waals surface area contributed by atoms with Crippen molar-refractivity contribution in [1.82, 2.24) is 19.9 Å². The molecule has 1 aromatic carbocycles. The first-order valence-corrected chi connectivity index (χ1v) is 13.2. The number of benzene rings is 1. The van der Waals surface area contributed by atoms with Crippen molar-refractivity contribution in [2.24, 2.45) is 10.8 Å². The van der Waals surface area contributed by atoms with E-state index in [9.17, 15) is 4.79 Å². The van der Waals surface area contributed by atoms with Crippen LogP contribution in [0.25, 0.3) is 11.3 Å². The Hall–Kier alpha value is -3.79. The molecular formula is C29H34FN7O2. The number of aromatic nitrogens is 3. The monoisotopic (exact) mass is 531 g/mol. The SMILES string of the molecule is CN1CC2(C)CN(c3ccc(Nc4nccc(-c5cnc6c(c5)OC(C)(C)C(=O)N6)n4)cc3F)CC(C)(C1)C2. The average Bonchev–Trinajstić information content (AvgIpc) is 2.82. The highest BCUT2D eigenvalue weighted by molar-refractivity contribution is 5.99. The molecule has 0 saturated carbocycles. The highest BCUT2D eigenvalue weighted by atomic mass is 19.1. The zero-order chi connectivity index (χ0) is 27.6. The van der Waals surface area contributed by atoms with Gasteiger partial charge in [-0.3, -0.25) is 4.79 Å². The van der Waals surface area contributed by atoms with Crippen molar-refractivity contribution in [2.45, 2.75) is 39.7 Å². The normalized spacial score (nSPS) is 25.9. The Labute approximate surface area is 227 Å². The summed E-state index contributed by atoms with van der Waals surface area (Å²) in [4.78, 5) is 30.0. The van der Waals surface area contributed by atoms with Gasteiger partial charge in [0.05, 0.1) is 11.4 Å². The second kappa shape index (κ2) is 8.87. The third-order valence-electron chi connectivity index (χ3n) is 7.79. The molecule has 204 valence electrons. The molecule has 6 rings (SSSR count). The van der Waals surface area contributed by atoms with Crippen LogP contribution in [0.5, 0.6) is 5.75 Å². The minimum Gasteiger partial charge on any atom is -0.474 e. The van der Waals surface area contributed by atoms with E-state index in [2.05, 4.69) is 56.3 Å². The lowest BCUT2D eigenvalue weighted by molar-refractivity contribution is -0.129. The second-order valence-corrected chi connectivity index (χ2v) is 12.5. The summed E-state index contributed by atoms with van der Waals surface area (Å²) >= 11 is 0. The van der Waals surface area contributed by atoms with Gasteiger partial charge in [0.25, 0.3) is 5.91 Å². The Bertz CT molecular complexity index is 1440. The number of carbonyl (C=O) groups excluding carboxylic acids is 1. The molecule has 10 heteroatoms. The number of carbonyl (C=O) groups is 1. The van der Waals surface area contributed by atoms with Crippen molar-refractivity contribution in [3.05, 3.63) is 48.5 Å². The lowest BCUT2D eigenvalue weighted by Crippen LogP contribution is -2.61. The average molecular weight is 532 g/mol. The molecule has 2 fully saturated rings. The highest BCUT2D eigenvalue weighted by Crippen LogP contribution is 2.46. The predicted octanol–water partition coefficient (Wildman–Crippen LogP) is 4.70. The molecule has 2 N–H and O–H groups in total. The fourth-order valence-electron chi connectivity index (χ4n) is 6.75. The van der Waals surface area contributed by atoms with E-state index in [4.69, 9.17) is 4.74 Å². The van der Waals surface area contributed by atoms with Gasteiger partial charge < -0.3 is 25.2 Å². The maximum atomic E-state index is 15.4. The summed E-state index contributed by atoms with van der Waals surface area (Å²) in [6.07, 6.45) is 4.41. The number of hydrogen-bond acceptors (Lipinski definition) is 8. The highest BCUT2D eigenvalue weighted by Gasteiger charge is 2.48. The number of piperidine rings is 2. The van der Waals surface area contributed by atoms with Gasteiger partial charge in [-0.15, -0.1) is 0 Å². The number of fused-ring (bicyclic) bond motifs is 3. The number of nitrogens with zero attached hydrogens (tertiary/aromatic N) is 5. The minimum absolute atomic E-state index is 0.134. The van der Waals surface area contributed by atoms with Gasteiger partial charge in [-0.05, 0) is 68.5 Å². The molecule has 0 radical (unpaired) electrons. The van der Waals surface area contributed by atoms with Crippen molar-refractivity contribution >= 4 is 29.0 Å². The van der Waals surface area contributed by atoms with Gasteiger partial charge in [-0.25, -0.2) is 19.3 Å². The van der Waals surface area contributed by atoms with Crippen LogP contribution >= 0.6 is 0 Å². The van der Waals surface area contributed by atoms with Crippen molar-refractivity contribution < 1.29 is 13.9 Å². The summed E-state index contributed by atoms with van der Waals surface area (Å²) in [6, 6.07) is 8.77. The zero-order valence-corrected chi connectivity index (χ0v) is 23.0. The first-order valence-electron chi connectivity index (χ1n) is 13.2. The molecule has 2 aromatic heterocycles. The van der Waals surface area contributed by atoms with Gasteiger partial charge in [0.2, 0.25) is 5.95 Å². The van der Waals surface area contributed by atoms with Crippen molar-refractivity contribution in [1.29, 1.82) is 0 Å². The number of anilines is 4. The Balaban J connectivity index is 1.20. The van der Waals surface area contributed by atoms with Crippen LogP contribution in [0.1, 0.15) is 34.1 Å². The number of hydrogen-bond donors (Lipinski definition) is 2. The van der Waals surface area contributed by atoms with Gasteiger partial charge >= 0.3 is 0 Å². The molecule has 3 aliphatic heterocycles. The number of nitrogens with one attached hydrogen (secondary N) is 2. The largest absolute Gasteiger partial charge is 0.474 e. The van der Waals surface area contributed by atoms with Crippen LogP contribution in [0.3, 0.4) is 0 Å². The topological polar surface area (TPSA) is 95.5 Å².